The van der Waals surface area contributed by atoms with Crippen LogP contribution in [0.2, 0.25) is 0 Å². The average Bonchev–Trinajstić information content (AvgIpc) is 2.62. The van der Waals surface area contributed by atoms with E-state index in [9.17, 15) is 35.9 Å². The molecule has 0 aliphatic carbocycles. The van der Waals surface area contributed by atoms with Crippen LogP contribution in [0.1, 0.15) is 11.1 Å². The molecule has 0 aliphatic heterocycles. The van der Waals surface area contributed by atoms with Gasteiger partial charge in [0.05, 0.1) is 5.56 Å². The van der Waals surface area contributed by atoms with E-state index in [0.29, 0.717) is 16.7 Å². The van der Waals surface area contributed by atoms with Gasteiger partial charge in [0.1, 0.15) is 17.6 Å². The van der Waals surface area contributed by atoms with Crippen LogP contribution in [0.5, 0.6) is 5.75 Å². The van der Waals surface area contributed by atoms with Crippen molar-refractivity contribution in [3.8, 4) is 11.8 Å². The third-order valence-corrected chi connectivity index (χ3v) is 3.72. The molecule has 13 heteroatoms. The van der Waals surface area contributed by atoms with Crippen LogP contribution in [-0.4, -0.2) is 21.9 Å². The maximum atomic E-state index is 13.2. The summed E-state index contributed by atoms with van der Waals surface area (Å²) in [4.78, 5) is 24.0. The van der Waals surface area contributed by atoms with E-state index >= 15 is 0 Å². The zero-order chi connectivity index (χ0) is 22.1. The third-order valence-electron chi connectivity index (χ3n) is 3.72. The Balaban J connectivity index is 2.55. The number of anilines is 2. The molecular weight excluding hydrogens is 410 g/mol. The fourth-order valence-corrected chi connectivity index (χ4v) is 2.34. The van der Waals surface area contributed by atoms with Crippen LogP contribution in [0.3, 0.4) is 0 Å². The van der Waals surface area contributed by atoms with Crippen molar-refractivity contribution < 1.29 is 31.1 Å². The van der Waals surface area contributed by atoms with E-state index < -0.39 is 47.1 Å². The van der Waals surface area contributed by atoms with Gasteiger partial charge in [0.15, 0.2) is 12.2 Å². The van der Waals surface area contributed by atoms with Crippen molar-refractivity contribution in [3.63, 3.8) is 0 Å². The van der Waals surface area contributed by atoms with E-state index in [1.807, 2.05) is 0 Å². The molecule has 1 N–H and O–H groups in total. The highest BCUT2D eigenvalue weighted by Crippen LogP contribution is 2.39. The summed E-state index contributed by atoms with van der Waals surface area (Å²) in [6.45, 7) is -1.93. The van der Waals surface area contributed by atoms with Gasteiger partial charge in [0.2, 0.25) is 0 Å². The Labute approximate surface area is 158 Å². The molecule has 0 fully saturated rings. The molecule has 1 heterocycles. The van der Waals surface area contributed by atoms with E-state index in [0.717, 1.165) is 17.7 Å². The maximum Gasteiger partial charge on any atom is 0.422 e. The molecule has 2 rings (SSSR count). The van der Waals surface area contributed by atoms with Crippen LogP contribution in [-0.2, 0) is 20.3 Å². The van der Waals surface area contributed by atoms with Crippen LogP contribution >= 0.6 is 0 Å². The minimum atomic E-state index is -5.06. The van der Waals surface area contributed by atoms with Crippen molar-refractivity contribution in [2.45, 2.75) is 12.4 Å². The fraction of sp³-hybridized carbons (Fsp3) is 0.312. The molecule has 2 aromatic rings. The van der Waals surface area contributed by atoms with Crippen LogP contribution in [0, 0.1) is 11.3 Å². The van der Waals surface area contributed by atoms with Crippen molar-refractivity contribution in [3.05, 3.63) is 50.2 Å². The van der Waals surface area contributed by atoms with E-state index in [-0.39, 0.29) is 11.5 Å². The number of halogens is 6. The average molecular weight is 422 g/mol. The molecule has 0 amide bonds. The molecule has 0 saturated heterocycles. The lowest BCUT2D eigenvalue weighted by Crippen LogP contribution is -2.39. The first kappa shape index (κ1) is 21.9. The second kappa shape index (κ2) is 7.53. The van der Waals surface area contributed by atoms with Gasteiger partial charge in [0.25, 0.3) is 5.56 Å². The lowest BCUT2D eigenvalue weighted by atomic mass is 10.1. The summed E-state index contributed by atoms with van der Waals surface area (Å²) in [5.74, 6) is -1.43. The maximum absolute atomic E-state index is 13.2. The predicted octanol–water partition coefficient (Wildman–Crippen LogP) is 2.66. The smallest absolute Gasteiger partial charge is 0.422 e. The van der Waals surface area contributed by atoms with Gasteiger partial charge in [-0.3, -0.25) is 13.9 Å². The minimum absolute atomic E-state index is 0.337. The lowest BCUT2D eigenvalue weighted by Gasteiger charge is -2.18. The number of nitrogens with one attached hydrogen (secondary N) is 1. The first-order valence-electron chi connectivity index (χ1n) is 7.64. The number of nitrogens with zero attached hydrogens (tertiary/aromatic N) is 3. The van der Waals surface area contributed by atoms with Crippen molar-refractivity contribution >= 4 is 11.5 Å². The van der Waals surface area contributed by atoms with E-state index in [4.69, 9.17) is 5.26 Å². The van der Waals surface area contributed by atoms with Gasteiger partial charge < -0.3 is 10.1 Å². The molecule has 0 atom stereocenters. The molecule has 1 aromatic heterocycles. The van der Waals surface area contributed by atoms with Crippen LogP contribution in [0.25, 0.3) is 0 Å². The number of aromatic nitrogens is 2. The van der Waals surface area contributed by atoms with E-state index in [1.165, 1.54) is 7.05 Å². The second-order valence-corrected chi connectivity index (χ2v) is 5.78. The van der Waals surface area contributed by atoms with Gasteiger partial charge in [-0.2, -0.15) is 31.6 Å². The topological polar surface area (TPSA) is 89.1 Å². The summed E-state index contributed by atoms with van der Waals surface area (Å²) < 4.78 is 82.2. The van der Waals surface area contributed by atoms with Crippen molar-refractivity contribution in [2.75, 3.05) is 11.9 Å². The molecule has 0 spiro atoms. The van der Waals surface area contributed by atoms with Gasteiger partial charge in [-0.1, -0.05) is 0 Å². The number of benzene rings is 1. The second-order valence-electron chi connectivity index (χ2n) is 5.78. The molecule has 0 radical (unpaired) electrons. The zero-order valence-corrected chi connectivity index (χ0v) is 14.8. The summed E-state index contributed by atoms with van der Waals surface area (Å²) in [5.41, 5.74) is -4.21. The summed E-state index contributed by atoms with van der Waals surface area (Å²) in [5, 5.41) is 11.5. The Morgan fingerprint density at radius 2 is 1.72 bits per heavy atom. The summed E-state index contributed by atoms with van der Waals surface area (Å²) in [7, 11) is 2.29. The van der Waals surface area contributed by atoms with E-state index in [1.54, 1.807) is 6.07 Å². The van der Waals surface area contributed by atoms with Gasteiger partial charge in [-0.15, -0.1) is 0 Å². The molecule has 0 aliphatic rings. The van der Waals surface area contributed by atoms with Crippen LogP contribution in [0.4, 0.5) is 37.8 Å². The Hall–Kier alpha value is -3.43. The monoisotopic (exact) mass is 422 g/mol. The highest BCUT2D eigenvalue weighted by Gasteiger charge is 2.36. The number of nitriles is 1. The minimum Gasteiger partial charge on any atom is -0.483 e. The molecule has 0 bridgehead atoms. The highest BCUT2D eigenvalue weighted by atomic mass is 19.4. The molecule has 156 valence electrons. The van der Waals surface area contributed by atoms with Crippen molar-refractivity contribution in [1.29, 1.82) is 5.26 Å². The number of alkyl halides is 6. The molecular formula is C16H12F6N4O3. The Bertz CT molecular complexity index is 1090. The molecule has 7 nitrogen and oxygen atoms in total. The molecule has 1 aromatic carbocycles. The molecule has 0 saturated carbocycles. The third kappa shape index (κ3) is 4.71. The van der Waals surface area contributed by atoms with E-state index in [2.05, 4.69) is 10.1 Å². The number of hydrogen-bond donors (Lipinski definition) is 1. The molecule has 29 heavy (non-hydrogen) atoms. The quantitative estimate of drug-likeness (QED) is 0.766. The SMILES string of the molecule is Cn1c(Nc2ccc(OCC(F)(F)F)c(C(F)(F)F)c2)c(C#N)c(=O)n(C)c1=O. The van der Waals surface area contributed by atoms with Gasteiger partial charge in [-0.05, 0) is 18.2 Å². The summed E-state index contributed by atoms with van der Waals surface area (Å²) in [6.07, 6.45) is -9.90. The normalized spacial score (nSPS) is 11.8. The van der Waals surface area contributed by atoms with Crippen LogP contribution in [0.15, 0.2) is 27.8 Å². The largest absolute Gasteiger partial charge is 0.483 e. The van der Waals surface area contributed by atoms with Crippen molar-refractivity contribution in [1.82, 2.24) is 9.13 Å². The zero-order valence-electron chi connectivity index (χ0n) is 14.8. The number of rotatable bonds is 4. The summed E-state index contributed by atoms with van der Waals surface area (Å²) >= 11 is 0. The fourth-order valence-electron chi connectivity index (χ4n) is 2.34. The van der Waals surface area contributed by atoms with Crippen LogP contribution < -0.4 is 21.3 Å². The molecule has 0 unspecified atom stereocenters. The predicted molar refractivity (Wildman–Crippen MR) is 87.9 cm³/mol. The first-order valence-corrected chi connectivity index (χ1v) is 7.64. The summed E-state index contributed by atoms with van der Waals surface area (Å²) in [6, 6.07) is 3.60. The number of hydrogen-bond acceptors (Lipinski definition) is 5. The Morgan fingerprint density at radius 1 is 1.10 bits per heavy atom. The Kier molecular flexibility index (Phi) is 5.68. The van der Waals surface area contributed by atoms with Gasteiger partial charge in [0, 0.05) is 19.8 Å². The lowest BCUT2D eigenvalue weighted by molar-refractivity contribution is -0.158. The van der Waals surface area contributed by atoms with Gasteiger partial charge >= 0.3 is 18.0 Å². The first-order chi connectivity index (χ1) is 13.3. The van der Waals surface area contributed by atoms with Crippen molar-refractivity contribution in [2.24, 2.45) is 14.1 Å². The standard InChI is InChI=1S/C16H12F6N4O3/c1-25-12(9(6-23)13(27)26(2)14(25)28)24-8-3-4-11(29-7-15(17,18)19)10(5-8)16(20,21)22/h3-5,24H,7H2,1-2H3. The highest BCUT2D eigenvalue weighted by molar-refractivity contribution is 5.64. The van der Waals surface area contributed by atoms with Gasteiger partial charge in [-0.25, -0.2) is 4.79 Å². The number of ether oxygens (including phenoxy) is 1. The Morgan fingerprint density at radius 3 is 2.24 bits per heavy atom.